The van der Waals surface area contributed by atoms with Crippen molar-refractivity contribution >= 4 is 17.7 Å². The van der Waals surface area contributed by atoms with Gasteiger partial charge in [-0.1, -0.05) is 6.92 Å². The van der Waals surface area contributed by atoms with E-state index in [1.165, 1.54) is 0 Å². The Bertz CT molecular complexity index is 151. The first kappa shape index (κ1) is 12.8. The highest BCUT2D eigenvalue weighted by molar-refractivity contribution is 8.00. The number of rotatable bonds is 6. The summed E-state index contributed by atoms with van der Waals surface area (Å²) in [5.74, 6) is 0.295. The largest absolute Gasteiger partial charge is 0.462 e. The molecule has 0 fully saturated rings. The Labute approximate surface area is 84.4 Å². The molecule has 0 aliphatic rings. The first-order chi connectivity index (χ1) is 6.06. The molecule has 0 aromatic carbocycles. The third-order valence-corrected chi connectivity index (χ3v) is 2.63. The van der Waals surface area contributed by atoms with Crippen LogP contribution in [0.1, 0.15) is 27.2 Å². The average molecular weight is 205 g/mol. The lowest BCUT2D eigenvalue weighted by molar-refractivity contribution is -0.144. The van der Waals surface area contributed by atoms with Gasteiger partial charge >= 0.3 is 5.97 Å². The van der Waals surface area contributed by atoms with Gasteiger partial charge in [0.2, 0.25) is 0 Å². The lowest BCUT2D eigenvalue weighted by Gasteiger charge is -2.10. The van der Waals surface area contributed by atoms with Gasteiger partial charge < -0.3 is 10.5 Å². The molecule has 0 rings (SSSR count). The Hall–Kier alpha value is -0.220. The van der Waals surface area contributed by atoms with E-state index in [2.05, 4.69) is 6.92 Å². The summed E-state index contributed by atoms with van der Waals surface area (Å²) < 4.78 is 4.99. The van der Waals surface area contributed by atoms with Crippen LogP contribution in [0.25, 0.3) is 0 Å². The van der Waals surface area contributed by atoms with E-state index in [4.69, 9.17) is 10.5 Å². The molecule has 1 unspecified atom stereocenters. The van der Waals surface area contributed by atoms with Gasteiger partial charge in [-0.3, -0.25) is 4.79 Å². The van der Waals surface area contributed by atoms with Gasteiger partial charge in [-0.25, -0.2) is 0 Å². The minimum absolute atomic E-state index is 0.0158. The Morgan fingerprint density at radius 2 is 2.08 bits per heavy atom. The van der Waals surface area contributed by atoms with Crippen LogP contribution in [0.15, 0.2) is 0 Å². The second kappa shape index (κ2) is 7.21. The maximum absolute atomic E-state index is 11.1. The first-order valence-corrected chi connectivity index (χ1v) is 5.62. The van der Waals surface area contributed by atoms with E-state index in [1.807, 2.05) is 13.8 Å². The van der Waals surface area contributed by atoms with E-state index in [1.54, 1.807) is 11.8 Å². The van der Waals surface area contributed by atoms with Gasteiger partial charge in [0.15, 0.2) is 0 Å². The van der Waals surface area contributed by atoms with Crippen LogP contribution in [-0.4, -0.2) is 29.6 Å². The van der Waals surface area contributed by atoms with Gasteiger partial charge in [0.05, 0.1) is 11.9 Å². The van der Waals surface area contributed by atoms with Crippen molar-refractivity contribution in [3.8, 4) is 0 Å². The zero-order valence-electron chi connectivity index (χ0n) is 8.58. The molecule has 0 aromatic heterocycles. The van der Waals surface area contributed by atoms with E-state index in [0.29, 0.717) is 17.5 Å². The van der Waals surface area contributed by atoms with E-state index >= 15 is 0 Å². The lowest BCUT2D eigenvalue weighted by atomic mass is 10.3. The third-order valence-electron chi connectivity index (χ3n) is 1.43. The fourth-order valence-electron chi connectivity index (χ4n) is 0.825. The van der Waals surface area contributed by atoms with E-state index in [9.17, 15) is 4.79 Å². The lowest BCUT2D eigenvalue weighted by Crippen LogP contribution is -2.16. The van der Waals surface area contributed by atoms with Crippen molar-refractivity contribution in [2.75, 3.05) is 12.3 Å². The molecule has 4 heteroatoms. The van der Waals surface area contributed by atoms with Crippen molar-refractivity contribution in [1.82, 2.24) is 0 Å². The molecule has 0 aromatic rings. The number of thioether (sulfide) groups is 1. The first-order valence-electron chi connectivity index (χ1n) is 4.57. The van der Waals surface area contributed by atoms with Crippen molar-refractivity contribution in [1.29, 1.82) is 0 Å². The van der Waals surface area contributed by atoms with Crippen molar-refractivity contribution in [2.24, 2.45) is 5.73 Å². The minimum atomic E-state index is -0.135. The summed E-state index contributed by atoms with van der Waals surface area (Å²) in [7, 11) is 0. The minimum Gasteiger partial charge on any atom is -0.462 e. The number of hydrogen-bond acceptors (Lipinski definition) is 4. The Kier molecular flexibility index (Phi) is 7.09. The number of carbonyl (C=O) groups excluding carboxylic acids is 1. The molecule has 0 radical (unpaired) electrons. The summed E-state index contributed by atoms with van der Waals surface area (Å²) in [5, 5.41) is 0.435. The predicted molar refractivity (Wildman–Crippen MR) is 56.8 cm³/mol. The van der Waals surface area contributed by atoms with Gasteiger partial charge in [0.1, 0.15) is 0 Å². The van der Waals surface area contributed by atoms with E-state index in [-0.39, 0.29) is 12.1 Å². The molecule has 13 heavy (non-hydrogen) atoms. The van der Waals surface area contributed by atoms with Crippen LogP contribution in [0.3, 0.4) is 0 Å². The summed E-state index contributed by atoms with van der Waals surface area (Å²) in [4.78, 5) is 11.1. The molecule has 2 N–H and O–H groups in total. The van der Waals surface area contributed by atoms with Crippen LogP contribution in [0.4, 0.5) is 0 Å². The van der Waals surface area contributed by atoms with Gasteiger partial charge in [-0.15, -0.1) is 11.8 Å². The van der Waals surface area contributed by atoms with Crippen LogP contribution < -0.4 is 5.73 Å². The second-order valence-electron chi connectivity index (χ2n) is 3.24. The Balaban J connectivity index is 3.46. The van der Waals surface area contributed by atoms with Crippen molar-refractivity contribution < 1.29 is 9.53 Å². The molecule has 0 spiro atoms. The Morgan fingerprint density at radius 3 is 2.54 bits per heavy atom. The van der Waals surface area contributed by atoms with Crippen LogP contribution in [0, 0.1) is 0 Å². The van der Waals surface area contributed by atoms with Gasteiger partial charge in [0, 0.05) is 5.25 Å². The molecule has 0 aliphatic heterocycles. The topological polar surface area (TPSA) is 52.3 Å². The molecule has 0 aliphatic carbocycles. The summed E-state index contributed by atoms with van der Waals surface area (Å²) in [5.41, 5.74) is 5.39. The molecule has 3 nitrogen and oxygen atoms in total. The highest BCUT2D eigenvalue weighted by Gasteiger charge is 2.08. The maximum atomic E-state index is 11.1. The number of hydrogen-bond donors (Lipinski definition) is 1. The maximum Gasteiger partial charge on any atom is 0.316 e. The second-order valence-corrected chi connectivity index (χ2v) is 4.66. The summed E-state index contributed by atoms with van der Waals surface area (Å²) in [6.07, 6.45) is 0.928. The highest BCUT2D eigenvalue weighted by Crippen LogP contribution is 2.13. The van der Waals surface area contributed by atoms with Crippen LogP contribution in [0.2, 0.25) is 0 Å². The number of nitrogens with two attached hydrogens (primary N) is 1. The summed E-state index contributed by atoms with van der Waals surface area (Å²) in [6, 6.07) is 0. The van der Waals surface area contributed by atoms with Crippen LogP contribution >= 0.6 is 11.8 Å². The molecule has 0 saturated heterocycles. The molecule has 1 atom stereocenters. The molecule has 0 saturated carbocycles. The van der Waals surface area contributed by atoms with Gasteiger partial charge in [0.25, 0.3) is 0 Å². The van der Waals surface area contributed by atoms with Gasteiger partial charge in [-0.2, -0.15) is 0 Å². The third kappa shape index (κ3) is 8.12. The predicted octanol–water partition coefficient (Wildman–Crippen LogP) is 1.41. The van der Waals surface area contributed by atoms with E-state index in [0.717, 1.165) is 6.42 Å². The standard InChI is InChI=1S/C9H19NO2S/c1-7(2)12-9(11)6-13-8(3)4-5-10/h7-8H,4-6,10H2,1-3H3. The molecular weight excluding hydrogens is 186 g/mol. The fourth-order valence-corrected chi connectivity index (χ4v) is 1.62. The zero-order valence-corrected chi connectivity index (χ0v) is 9.39. The summed E-state index contributed by atoms with van der Waals surface area (Å²) >= 11 is 1.60. The molecule has 0 heterocycles. The number of ether oxygens (including phenoxy) is 1. The molecule has 0 bridgehead atoms. The molecular formula is C9H19NO2S. The number of esters is 1. The van der Waals surface area contributed by atoms with Crippen molar-refractivity contribution in [3.05, 3.63) is 0 Å². The van der Waals surface area contributed by atoms with Crippen LogP contribution in [-0.2, 0) is 9.53 Å². The van der Waals surface area contributed by atoms with Crippen molar-refractivity contribution in [2.45, 2.75) is 38.5 Å². The monoisotopic (exact) mass is 205 g/mol. The smallest absolute Gasteiger partial charge is 0.316 e. The Morgan fingerprint density at radius 1 is 1.46 bits per heavy atom. The highest BCUT2D eigenvalue weighted by atomic mass is 32.2. The normalized spacial score (nSPS) is 13.0. The van der Waals surface area contributed by atoms with Crippen LogP contribution in [0.5, 0.6) is 0 Å². The SMILES string of the molecule is CC(C)OC(=O)CSC(C)CCN. The quantitative estimate of drug-likeness (QED) is 0.666. The number of carbonyl (C=O) groups is 1. The van der Waals surface area contributed by atoms with E-state index < -0.39 is 0 Å². The van der Waals surface area contributed by atoms with Crippen molar-refractivity contribution in [3.63, 3.8) is 0 Å². The van der Waals surface area contributed by atoms with Gasteiger partial charge in [-0.05, 0) is 26.8 Å². The average Bonchev–Trinajstić information content (AvgIpc) is 2.00. The molecule has 78 valence electrons. The summed E-state index contributed by atoms with van der Waals surface area (Å²) in [6.45, 7) is 6.45. The molecule has 0 amide bonds. The zero-order chi connectivity index (χ0) is 10.3. The fraction of sp³-hybridized carbons (Fsp3) is 0.889.